The number of carbonyl (C=O) groups is 1. The highest BCUT2D eigenvalue weighted by molar-refractivity contribution is 6.07. The zero-order chi connectivity index (χ0) is 13.3. The Morgan fingerprint density at radius 3 is 2.44 bits per heavy atom. The Morgan fingerprint density at radius 1 is 1.11 bits per heavy atom. The molecule has 1 aromatic heterocycles. The van der Waals surface area contributed by atoms with E-state index in [1.165, 1.54) is 12.1 Å². The summed E-state index contributed by atoms with van der Waals surface area (Å²) in [5.41, 5.74) is 4.70. The third-order valence-electron chi connectivity index (χ3n) is 2.37. The van der Waals surface area contributed by atoms with Crippen LogP contribution in [0.4, 0.5) is 13.2 Å². The molecule has 0 aliphatic rings. The minimum absolute atomic E-state index is 0.0769. The second kappa shape index (κ2) is 4.66. The lowest BCUT2D eigenvalue weighted by molar-refractivity contribution is 0.100. The molecule has 0 saturated carbocycles. The van der Waals surface area contributed by atoms with Crippen LogP contribution in [0.2, 0.25) is 0 Å². The van der Waals surface area contributed by atoms with Crippen molar-refractivity contribution in [3.63, 3.8) is 0 Å². The van der Waals surface area contributed by atoms with Crippen molar-refractivity contribution in [2.75, 3.05) is 0 Å². The summed E-state index contributed by atoms with van der Waals surface area (Å²) in [6, 6.07) is 4.29. The molecular weight excluding hydrogens is 247 g/mol. The molecule has 1 aromatic carbocycles. The smallest absolute Gasteiger partial charge is 0.231 e. The summed E-state index contributed by atoms with van der Waals surface area (Å²) in [6.07, 6.45) is 0. The molecule has 6 heteroatoms. The lowest BCUT2D eigenvalue weighted by Gasteiger charge is -2.01. The van der Waals surface area contributed by atoms with Gasteiger partial charge in [-0.05, 0) is 24.3 Å². The maximum atomic E-state index is 13.4. The van der Waals surface area contributed by atoms with Gasteiger partial charge in [0.25, 0.3) is 0 Å². The van der Waals surface area contributed by atoms with Gasteiger partial charge in [-0.2, -0.15) is 0 Å². The minimum atomic E-state index is -1.69. The van der Waals surface area contributed by atoms with E-state index in [4.69, 9.17) is 10.2 Å². The van der Waals surface area contributed by atoms with Crippen LogP contribution in [-0.4, -0.2) is 5.78 Å². The normalized spacial score (nSPS) is 10.7. The van der Waals surface area contributed by atoms with E-state index in [9.17, 15) is 18.0 Å². The number of hydrogen-bond acceptors (Lipinski definition) is 3. The van der Waals surface area contributed by atoms with E-state index in [2.05, 4.69) is 0 Å². The Morgan fingerprint density at radius 2 is 1.83 bits per heavy atom. The third-order valence-corrected chi connectivity index (χ3v) is 2.37. The molecule has 2 N–H and O–H groups in total. The highest BCUT2D eigenvalue weighted by Gasteiger charge is 2.22. The Bertz CT molecular complexity index is 607. The van der Waals surface area contributed by atoms with Crippen LogP contribution in [0.25, 0.3) is 0 Å². The third kappa shape index (κ3) is 2.02. The van der Waals surface area contributed by atoms with E-state index in [-0.39, 0.29) is 12.3 Å². The molecule has 0 bridgehead atoms. The Balaban J connectivity index is 2.43. The summed E-state index contributed by atoms with van der Waals surface area (Å²) in [6.45, 7) is 0.0769. The molecule has 94 valence electrons. The first kappa shape index (κ1) is 12.4. The summed E-state index contributed by atoms with van der Waals surface area (Å²) >= 11 is 0. The highest BCUT2D eigenvalue weighted by Crippen LogP contribution is 2.19. The Kier molecular flexibility index (Phi) is 3.20. The fraction of sp³-hybridized carbons (Fsp3) is 0.0833. The van der Waals surface area contributed by atoms with Gasteiger partial charge in [0, 0.05) is 0 Å². The van der Waals surface area contributed by atoms with E-state index in [0.29, 0.717) is 11.8 Å². The summed E-state index contributed by atoms with van der Waals surface area (Å²) in [5.74, 6) is -5.30. The Hall–Kier alpha value is -2.08. The summed E-state index contributed by atoms with van der Waals surface area (Å²) in [5, 5.41) is 0. The predicted molar refractivity (Wildman–Crippen MR) is 56.3 cm³/mol. The number of ketones is 1. The molecule has 0 unspecified atom stereocenters. The molecule has 18 heavy (non-hydrogen) atoms. The molecule has 0 fully saturated rings. The monoisotopic (exact) mass is 255 g/mol. The lowest BCUT2D eigenvalue weighted by atomic mass is 10.1. The van der Waals surface area contributed by atoms with Crippen LogP contribution in [0, 0.1) is 17.5 Å². The fourth-order valence-electron chi connectivity index (χ4n) is 1.44. The van der Waals surface area contributed by atoms with E-state index >= 15 is 0 Å². The van der Waals surface area contributed by atoms with Gasteiger partial charge in [-0.25, -0.2) is 13.2 Å². The lowest BCUT2D eigenvalue weighted by Crippen LogP contribution is -2.06. The SMILES string of the molecule is NCc1ccc(C(=O)c2ccc(F)c(F)c2F)o1. The number of rotatable bonds is 3. The van der Waals surface area contributed by atoms with Crippen molar-refractivity contribution in [3.05, 3.63) is 58.8 Å². The van der Waals surface area contributed by atoms with Crippen molar-refractivity contribution in [3.8, 4) is 0 Å². The summed E-state index contributed by atoms with van der Waals surface area (Å²) in [4.78, 5) is 11.8. The van der Waals surface area contributed by atoms with Crippen molar-refractivity contribution in [2.24, 2.45) is 5.73 Å². The number of halogens is 3. The predicted octanol–water partition coefficient (Wildman–Crippen LogP) is 2.39. The average Bonchev–Trinajstić information content (AvgIpc) is 2.84. The highest BCUT2D eigenvalue weighted by atomic mass is 19.2. The molecule has 1 heterocycles. The molecule has 0 atom stereocenters. The van der Waals surface area contributed by atoms with Gasteiger partial charge in [-0.15, -0.1) is 0 Å². The van der Waals surface area contributed by atoms with Crippen molar-refractivity contribution in [2.45, 2.75) is 6.54 Å². The van der Waals surface area contributed by atoms with Crippen LogP contribution < -0.4 is 5.73 Å². The number of nitrogens with two attached hydrogens (primary N) is 1. The minimum Gasteiger partial charge on any atom is -0.456 e. The van der Waals surface area contributed by atoms with Crippen LogP contribution in [0.15, 0.2) is 28.7 Å². The van der Waals surface area contributed by atoms with Crippen molar-refractivity contribution in [1.29, 1.82) is 0 Å². The van der Waals surface area contributed by atoms with Gasteiger partial charge < -0.3 is 10.2 Å². The number of hydrogen-bond donors (Lipinski definition) is 1. The maximum Gasteiger partial charge on any atom is 0.231 e. The van der Waals surface area contributed by atoms with Gasteiger partial charge in [-0.3, -0.25) is 4.79 Å². The molecule has 0 aliphatic carbocycles. The van der Waals surface area contributed by atoms with Crippen LogP contribution in [-0.2, 0) is 6.54 Å². The van der Waals surface area contributed by atoms with Gasteiger partial charge >= 0.3 is 0 Å². The zero-order valence-corrected chi connectivity index (χ0v) is 9.04. The molecular formula is C12H8F3NO2. The fourth-order valence-corrected chi connectivity index (χ4v) is 1.44. The molecule has 0 aliphatic heterocycles. The van der Waals surface area contributed by atoms with E-state index in [1.807, 2.05) is 0 Å². The van der Waals surface area contributed by atoms with E-state index in [0.717, 1.165) is 6.07 Å². The quantitative estimate of drug-likeness (QED) is 0.676. The molecule has 3 nitrogen and oxygen atoms in total. The first-order valence-electron chi connectivity index (χ1n) is 5.01. The van der Waals surface area contributed by atoms with Crippen molar-refractivity contribution >= 4 is 5.78 Å². The molecule has 0 radical (unpaired) electrons. The number of carbonyl (C=O) groups excluding carboxylic acids is 1. The Labute approximate surface area is 100 Å². The zero-order valence-electron chi connectivity index (χ0n) is 9.04. The van der Waals surface area contributed by atoms with E-state index < -0.39 is 28.8 Å². The standard InChI is InChI=1S/C12H8F3NO2/c13-8-3-2-7(10(14)11(8)15)12(17)9-4-1-6(5-16)18-9/h1-4H,5,16H2. The van der Waals surface area contributed by atoms with Gasteiger partial charge in [-0.1, -0.05) is 0 Å². The van der Waals surface area contributed by atoms with Crippen molar-refractivity contribution in [1.82, 2.24) is 0 Å². The molecule has 0 saturated heterocycles. The summed E-state index contributed by atoms with van der Waals surface area (Å²) < 4.78 is 44.1. The van der Waals surface area contributed by atoms with Gasteiger partial charge in [0.15, 0.2) is 23.2 Å². The van der Waals surface area contributed by atoms with Gasteiger partial charge in [0.1, 0.15) is 5.76 Å². The molecule has 0 spiro atoms. The molecule has 0 amide bonds. The van der Waals surface area contributed by atoms with Gasteiger partial charge in [0.05, 0.1) is 12.1 Å². The molecule has 2 rings (SSSR count). The topological polar surface area (TPSA) is 56.2 Å². The van der Waals surface area contributed by atoms with Crippen LogP contribution in [0.3, 0.4) is 0 Å². The largest absolute Gasteiger partial charge is 0.456 e. The second-order valence-electron chi connectivity index (χ2n) is 3.52. The van der Waals surface area contributed by atoms with Gasteiger partial charge in [0.2, 0.25) is 5.78 Å². The van der Waals surface area contributed by atoms with Crippen LogP contribution in [0.1, 0.15) is 21.9 Å². The first-order chi connectivity index (χ1) is 8.54. The van der Waals surface area contributed by atoms with E-state index in [1.54, 1.807) is 0 Å². The van der Waals surface area contributed by atoms with Crippen LogP contribution in [0.5, 0.6) is 0 Å². The maximum absolute atomic E-state index is 13.4. The summed E-state index contributed by atoms with van der Waals surface area (Å²) in [7, 11) is 0. The van der Waals surface area contributed by atoms with Crippen LogP contribution >= 0.6 is 0 Å². The van der Waals surface area contributed by atoms with Crippen molar-refractivity contribution < 1.29 is 22.4 Å². The second-order valence-corrected chi connectivity index (χ2v) is 3.52. The number of benzene rings is 1. The number of furan rings is 1. The molecule has 2 aromatic rings. The first-order valence-corrected chi connectivity index (χ1v) is 5.01. The average molecular weight is 255 g/mol.